The van der Waals surface area contributed by atoms with Crippen LogP contribution in [0, 0.1) is 0 Å². The Morgan fingerprint density at radius 2 is 1.92 bits per heavy atom. The van der Waals surface area contributed by atoms with Gasteiger partial charge < -0.3 is 14.8 Å². The number of hydrogen-bond donors (Lipinski definition) is 1. The van der Waals surface area contributed by atoms with Crippen molar-refractivity contribution in [3.63, 3.8) is 0 Å². The molecule has 0 aliphatic carbocycles. The fourth-order valence-corrected chi connectivity index (χ4v) is 5.27. The third-order valence-electron chi connectivity index (χ3n) is 5.83. The zero-order valence-electron chi connectivity index (χ0n) is 21.0. The Balaban J connectivity index is 1.68. The number of anilines is 1. The van der Waals surface area contributed by atoms with E-state index >= 15 is 0 Å². The first kappa shape index (κ1) is 26.3. The maximum absolute atomic E-state index is 12.8. The van der Waals surface area contributed by atoms with Gasteiger partial charge in [0.2, 0.25) is 11.1 Å². The molecule has 0 fully saturated rings. The molecular weight excluding hydrogens is 540 g/mol. The molecule has 0 bridgehead atoms. The third-order valence-corrected chi connectivity index (χ3v) is 7.29. The van der Waals surface area contributed by atoms with Gasteiger partial charge in [0.05, 0.1) is 6.61 Å². The number of ether oxygens (including phenoxy) is 2. The summed E-state index contributed by atoms with van der Waals surface area (Å²) in [4.78, 5) is 17.4. The van der Waals surface area contributed by atoms with Crippen molar-refractivity contribution in [3.05, 3.63) is 69.3 Å². The lowest BCUT2D eigenvalue weighted by Gasteiger charge is -2.28. The average Bonchev–Trinajstić information content (AvgIpc) is 3.25. The topological polar surface area (TPSA) is 78.3 Å². The molecule has 1 unspecified atom stereocenters. The highest BCUT2D eigenvalue weighted by atomic mass is 79.9. The molecule has 1 atom stereocenters. The van der Waals surface area contributed by atoms with Crippen molar-refractivity contribution in [2.24, 2.45) is 0 Å². The summed E-state index contributed by atoms with van der Waals surface area (Å²) in [5.41, 5.74) is 3.38. The minimum absolute atomic E-state index is 0.0140. The molecule has 4 rings (SSSR count). The van der Waals surface area contributed by atoms with E-state index in [1.54, 1.807) is 18.7 Å². The highest BCUT2D eigenvalue weighted by molar-refractivity contribution is 9.10. The number of carbonyl (C=O) groups excluding carboxylic acids is 1. The van der Waals surface area contributed by atoms with E-state index in [0.29, 0.717) is 41.4 Å². The van der Waals surface area contributed by atoms with Crippen LogP contribution in [0.15, 0.2) is 63.4 Å². The lowest BCUT2D eigenvalue weighted by Crippen LogP contribution is -2.27. The van der Waals surface area contributed by atoms with Crippen LogP contribution in [0.1, 0.15) is 57.7 Å². The molecule has 0 amide bonds. The summed E-state index contributed by atoms with van der Waals surface area (Å²) in [7, 11) is 0. The van der Waals surface area contributed by atoms with Crippen LogP contribution in [0.25, 0.3) is 0 Å². The van der Waals surface area contributed by atoms with Crippen molar-refractivity contribution >= 4 is 39.4 Å². The molecular formula is C27H31BrN4O3S. The third kappa shape index (κ3) is 5.95. The van der Waals surface area contributed by atoms with Gasteiger partial charge in [-0.05, 0) is 62.6 Å². The number of Topliss-reactive ketones (excluding diaryl/α,β-unsaturated/α-hetero) is 1. The van der Waals surface area contributed by atoms with E-state index in [1.165, 1.54) is 0 Å². The molecule has 0 spiro atoms. The second kappa shape index (κ2) is 12.0. The summed E-state index contributed by atoms with van der Waals surface area (Å²) < 4.78 is 14.9. The number of benzene rings is 2. The van der Waals surface area contributed by atoms with Crippen molar-refractivity contribution < 1.29 is 14.3 Å². The molecule has 190 valence electrons. The number of allylic oxidation sites excluding steroid dienone is 2. The van der Waals surface area contributed by atoms with Gasteiger partial charge >= 0.3 is 0 Å². The molecule has 1 aliphatic heterocycles. The molecule has 7 nitrogen and oxygen atoms in total. The number of carbonyl (C=O) groups is 1. The zero-order valence-corrected chi connectivity index (χ0v) is 23.4. The van der Waals surface area contributed by atoms with E-state index in [1.807, 2.05) is 61.0 Å². The molecule has 2 aromatic carbocycles. The van der Waals surface area contributed by atoms with E-state index < -0.39 is 6.04 Å². The lowest BCUT2D eigenvalue weighted by atomic mass is 9.93. The number of hydrogen-bond acceptors (Lipinski definition) is 7. The zero-order chi connectivity index (χ0) is 25.7. The average molecular weight is 572 g/mol. The monoisotopic (exact) mass is 570 g/mol. The minimum Gasteiger partial charge on any atom is -0.490 e. The van der Waals surface area contributed by atoms with E-state index in [4.69, 9.17) is 14.6 Å². The summed E-state index contributed by atoms with van der Waals surface area (Å²) in [5, 5.41) is 8.75. The van der Waals surface area contributed by atoms with Gasteiger partial charge in [-0.3, -0.25) is 4.79 Å². The van der Waals surface area contributed by atoms with E-state index in [2.05, 4.69) is 33.2 Å². The number of nitrogens with zero attached hydrogens (tertiary/aromatic N) is 3. The predicted octanol–water partition coefficient (Wildman–Crippen LogP) is 6.79. The number of rotatable bonds is 11. The summed E-state index contributed by atoms with van der Waals surface area (Å²) in [6.07, 6.45) is 2.22. The number of fused-ring (bicyclic) bond motifs is 1. The molecule has 1 N–H and O–H groups in total. The van der Waals surface area contributed by atoms with Gasteiger partial charge in [-0.2, -0.15) is 4.98 Å². The molecule has 1 aromatic heterocycles. The molecule has 3 aromatic rings. The Bertz CT molecular complexity index is 1260. The van der Waals surface area contributed by atoms with Gasteiger partial charge in [0.15, 0.2) is 17.3 Å². The first-order valence-electron chi connectivity index (χ1n) is 12.1. The van der Waals surface area contributed by atoms with Crippen LogP contribution in [0.2, 0.25) is 0 Å². The Labute approximate surface area is 224 Å². The molecule has 0 radical (unpaired) electrons. The second-order valence-corrected chi connectivity index (χ2v) is 10.5. The Kier molecular flexibility index (Phi) is 8.74. The number of halogens is 1. The number of nitrogens with one attached hydrogen (secondary N) is 1. The van der Waals surface area contributed by atoms with Gasteiger partial charge in [0.1, 0.15) is 12.6 Å². The van der Waals surface area contributed by atoms with Crippen LogP contribution in [0.3, 0.4) is 0 Å². The Hall–Kier alpha value is -2.78. The van der Waals surface area contributed by atoms with Crippen LogP contribution in [-0.4, -0.2) is 32.9 Å². The number of unbranched alkanes of at least 4 members (excludes halogenated alkanes) is 1. The van der Waals surface area contributed by atoms with Crippen molar-refractivity contribution in [2.75, 3.05) is 17.7 Å². The predicted molar refractivity (Wildman–Crippen MR) is 147 cm³/mol. The van der Waals surface area contributed by atoms with E-state index in [-0.39, 0.29) is 5.78 Å². The highest BCUT2D eigenvalue weighted by Crippen LogP contribution is 2.40. The SMILES string of the molecule is CCCCSc1nc2n(n1)C(c1ccc(OCc3ccc(Br)cc3)c(OCC)c1)C(C(C)=O)=C(C)N2. The quantitative estimate of drug-likeness (QED) is 0.201. The van der Waals surface area contributed by atoms with Crippen LogP contribution in [-0.2, 0) is 11.4 Å². The standard InChI is InChI=1S/C27H31BrN4O3S/c1-5-7-14-36-27-30-26-29-17(3)24(18(4)33)25(32(26)31-27)20-10-13-22(23(15-20)34-6-2)35-16-19-8-11-21(28)12-9-19/h8-13,15,25H,5-7,14,16H2,1-4H3,(H,29,30,31). The van der Waals surface area contributed by atoms with Crippen molar-refractivity contribution in [3.8, 4) is 11.5 Å². The van der Waals surface area contributed by atoms with Crippen molar-refractivity contribution in [2.45, 2.75) is 58.3 Å². The van der Waals surface area contributed by atoms with Gasteiger partial charge in [-0.25, -0.2) is 4.68 Å². The first-order chi connectivity index (χ1) is 17.4. The molecule has 0 saturated heterocycles. The molecule has 9 heteroatoms. The lowest BCUT2D eigenvalue weighted by molar-refractivity contribution is -0.114. The summed E-state index contributed by atoms with van der Waals surface area (Å²) in [5.74, 6) is 2.85. The fourth-order valence-electron chi connectivity index (χ4n) is 4.09. The highest BCUT2D eigenvalue weighted by Gasteiger charge is 2.33. The summed E-state index contributed by atoms with van der Waals surface area (Å²) in [6.45, 7) is 8.51. The smallest absolute Gasteiger partial charge is 0.227 e. The van der Waals surface area contributed by atoms with Gasteiger partial charge in [0.25, 0.3) is 0 Å². The van der Waals surface area contributed by atoms with Gasteiger partial charge in [-0.15, -0.1) is 5.10 Å². The fraction of sp³-hybridized carbons (Fsp3) is 0.370. The molecule has 2 heterocycles. The second-order valence-electron chi connectivity index (χ2n) is 8.54. The van der Waals surface area contributed by atoms with Crippen LogP contribution in [0.4, 0.5) is 5.95 Å². The number of thioether (sulfide) groups is 1. The summed E-state index contributed by atoms with van der Waals surface area (Å²) in [6, 6.07) is 13.4. The van der Waals surface area contributed by atoms with Crippen LogP contribution >= 0.6 is 27.7 Å². The number of aromatic nitrogens is 3. The first-order valence-corrected chi connectivity index (χ1v) is 13.9. The van der Waals surface area contributed by atoms with E-state index in [0.717, 1.165) is 39.9 Å². The van der Waals surface area contributed by atoms with Crippen molar-refractivity contribution in [1.29, 1.82) is 0 Å². The van der Waals surface area contributed by atoms with Gasteiger partial charge in [0, 0.05) is 21.5 Å². The molecule has 0 saturated carbocycles. The largest absolute Gasteiger partial charge is 0.490 e. The van der Waals surface area contributed by atoms with Crippen LogP contribution < -0.4 is 14.8 Å². The number of ketones is 1. The molecule has 1 aliphatic rings. The van der Waals surface area contributed by atoms with E-state index in [9.17, 15) is 4.79 Å². The maximum atomic E-state index is 12.8. The summed E-state index contributed by atoms with van der Waals surface area (Å²) >= 11 is 5.09. The van der Waals surface area contributed by atoms with Crippen LogP contribution in [0.5, 0.6) is 11.5 Å². The maximum Gasteiger partial charge on any atom is 0.227 e. The Morgan fingerprint density at radius 3 is 2.61 bits per heavy atom. The minimum atomic E-state index is -0.411. The molecule has 36 heavy (non-hydrogen) atoms. The Morgan fingerprint density at radius 1 is 1.14 bits per heavy atom. The van der Waals surface area contributed by atoms with Crippen molar-refractivity contribution in [1.82, 2.24) is 14.8 Å². The van der Waals surface area contributed by atoms with Gasteiger partial charge in [-0.1, -0.05) is 59.2 Å². The normalized spacial score (nSPS) is 14.9.